The van der Waals surface area contributed by atoms with Crippen molar-refractivity contribution in [2.45, 2.75) is 44.2 Å². The average Bonchev–Trinajstić information content (AvgIpc) is 3.18. The molecular weight excluding hydrogens is 414 g/mol. The molecule has 3 fully saturated rings. The first kappa shape index (κ1) is 20.9. The average molecular weight is 446 g/mol. The molecule has 5 heteroatoms. The van der Waals surface area contributed by atoms with Crippen molar-refractivity contribution < 1.29 is 19.1 Å². The summed E-state index contributed by atoms with van der Waals surface area (Å²) >= 11 is 0. The highest BCUT2D eigenvalue weighted by atomic mass is 16.5. The van der Waals surface area contributed by atoms with Crippen LogP contribution in [0.1, 0.15) is 31.2 Å². The molecule has 6 atom stereocenters. The van der Waals surface area contributed by atoms with Gasteiger partial charge in [-0.05, 0) is 56.8 Å². The lowest BCUT2D eigenvalue weighted by atomic mass is 9.47. The van der Waals surface area contributed by atoms with Gasteiger partial charge in [0.1, 0.15) is 5.76 Å². The molecule has 1 aromatic carbocycles. The van der Waals surface area contributed by atoms with Crippen molar-refractivity contribution in [3.8, 4) is 0 Å². The summed E-state index contributed by atoms with van der Waals surface area (Å²) in [5.74, 6) is 2.07. The molecule has 0 aromatic heterocycles. The van der Waals surface area contributed by atoms with E-state index in [2.05, 4.69) is 36.2 Å². The Labute approximate surface area is 195 Å². The van der Waals surface area contributed by atoms with Crippen molar-refractivity contribution in [1.82, 2.24) is 4.90 Å². The molecule has 0 N–H and O–H groups in total. The number of benzene rings is 1. The molecule has 5 nitrogen and oxygen atoms in total. The van der Waals surface area contributed by atoms with Crippen molar-refractivity contribution in [3.05, 3.63) is 71.2 Å². The van der Waals surface area contributed by atoms with Gasteiger partial charge in [0, 0.05) is 29.7 Å². The first-order valence-corrected chi connectivity index (χ1v) is 12.2. The summed E-state index contributed by atoms with van der Waals surface area (Å²) in [5, 5.41) is 0. The molecule has 2 unspecified atom stereocenters. The highest BCUT2D eigenvalue weighted by Gasteiger charge is 2.70. The lowest BCUT2D eigenvalue weighted by Gasteiger charge is -2.59. The Balaban J connectivity index is 1.33. The van der Waals surface area contributed by atoms with Gasteiger partial charge in [-0.2, -0.15) is 0 Å². The number of allylic oxidation sites excluding steroid dienone is 3. The van der Waals surface area contributed by atoms with Gasteiger partial charge in [0.05, 0.1) is 12.7 Å². The van der Waals surface area contributed by atoms with Crippen LogP contribution in [0, 0.1) is 23.2 Å². The Morgan fingerprint density at radius 1 is 1.27 bits per heavy atom. The maximum Gasteiger partial charge on any atom is 0.207 e. The third kappa shape index (κ3) is 2.94. The van der Waals surface area contributed by atoms with Crippen molar-refractivity contribution in [2.24, 2.45) is 23.2 Å². The first-order chi connectivity index (χ1) is 16.0. The predicted molar refractivity (Wildman–Crippen MR) is 124 cm³/mol. The number of methoxy groups -OCH3 is 1. The van der Waals surface area contributed by atoms with E-state index in [0.717, 1.165) is 43.7 Å². The molecule has 2 heterocycles. The number of aryl methyl sites for hydroxylation is 1. The van der Waals surface area contributed by atoms with Crippen molar-refractivity contribution >= 4 is 11.6 Å². The van der Waals surface area contributed by atoms with Gasteiger partial charge in [0.2, 0.25) is 5.78 Å². The second-order valence-corrected chi connectivity index (χ2v) is 10.3. The Kier molecular flexibility index (Phi) is 4.88. The molecule has 1 aromatic rings. The van der Waals surface area contributed by atoms with Gasteiger partial charge in [-0.1, -0.05) is 42.5 Å². The number of likely N-dealkylation sites (tertiary alicyclic amines) is 1. The zero-order valence-electron chi connectivity index (χ0n) is 19.3. The minimum absolute atomic E-state index is 0.0360. The molecule has 3 aliphatic carbocycles. The van der Waals surface area contributed by atoms with Crippen LogP contribution < -0.4 is 0 Å². The SMILES string of the molecule is COC1=C2O[C@H]3C(=O)C(C(=O)CCCc4ccccc4)=C[C@H]4[C@H]5CC(C=C1)C2[C@@]34CCN5C. The minimum atomic E-state index is -0.579. The molecule has 2 bridgehead atoms. The normalized spacial score (nSPS) is 36.2. The van der Waals surface area contributed by atoms with Crippen LogP contribution in [0.2, 0.25) is 0 Å². The van der Waals surface area contributed by atoms with Crippen LogP contribution in [-0.2, 0) is 25.5 Å². The maximum absolute atomic E-state index is 13.8. The third-order valence-corrected chi connectivity index (χ3v) is 8.85. The Bertz CT molecular complexity index is 1090. The molecule has 2 aliphatic heterocycles. The number of ether oxygens (including phenoxy) is 2. The van der Waals surface area contributed by atoms with Gasteiger partial charge >= 0.3 is 0 Å². The van der Waals surface area contributed by atoms with Crippen LogP contribution in [0.25, 0.3) is 0 Å². The summed E-state index contributed by atoms with van der Waals surface area (Å²) in [7, 11) is 3.84. The second-order valence-electron chi connectivity index (χ2n) is 10.3. The molecule has 0 amide bonds. The van der Waals surface area contributed by atoms with Gasteiger partial charge in [-0.25, -0.2) is 0 Å². The largest absolute Gasteiger partial charge is 0.493 e. The van der Waals surface area contributed by atoms with E-state index in [1.807, 2.05) is 24.3 Å². The fourth-order valence-electron chi connectivity index (χ4n) is 7.35. The Hall–Kier alpha value is -2.66. The van der Waals surface area contributed by atoms with E-state index in [1.54, 1.807) is 7.11 Å². The molecule has 5 aliphatic rings. The molecule has 0 radical (unpaired) electrons. The summed E-state index contributed by atoms with van der Waals surface area (Å²) in [6, 6.07) is 10.5. The Morgan fingerprint density at radius 2 is 2.09 bits per heavy atom. The highest BCUT2D eigenvalue weighted by molar-refractivity contribution is 6.22. The standard InChI is InChI=1S/C28H31NO4/c1-29-14-13-28-20-16-19(22(30)10-6-9-17-7-4-3-5-8-17)25(31)27(28)33-26-23(32-2)12-11-18(24(26)28)15-21(20)29/h3-5,7-8,11-12,16,18,20-21,24,27H,6,9-10,13-15H2,1-2H3/t18?,20-,21+,24?,27-,28-/m0/s1. The topological polar surface area (TPSA) is 55.8 Å². The van der Waals surface area contributed by atoms with Gasteiger partial charge in [-0.3, -0.25) is 9.59 Å². The van der Waals surface area contributed by atoms with E-state index >= 15 is 0 Å². The van der Waals surface area contributed by atoms with E-state index < -0.39 is 6.10 Å². The van der Waals surface area contributed by atoms with E-state index in [0.29, 0.717) is 24.0 Å². The summed E-state index contributed by atoms with van der Waals surface area (Å²) in [6.07, 6.45) is 9.62. The van der Waals surface area contributed by atoms with E-state index in [1.165, 1.54) is 5.56 Å². The maximum atomic E-state index is 13.8. The smallest absolute Gasteiger partial charge is 0.207 e. The van der Waals surface area contributed by atoms with Gasteiger partial charge < -0.3 is 14.4 Å². The van der Waals surface area contributed by atoms with Crippen LogP contribution in [0.5, 0.6) is 0 Å². The number of hydrogen-bond acceptors (Lipinski definition) is 5. The van der Waals surface area contributed by atoms with Crippen molar-refractivity contribution in [3.63, 3.8) is 0 Å². The lowest BCUT2D eigenvalue weighted by Crippen LogP contribution is -2.65. The van der Waals surface area contributed by atoms with Crippen LogP contribution in [0.15, 0.2) is 65.7 Å². The number of ketones is 2. The van der Waals surface area contributed by atoms with Crippen LogP contribution >= 0.6 is 0 Å². The number of nitrogens with zero attached hydrogens (tertiary/aromatic N) is 1. The molecule has 6 rings (SSSR count). The number of piperidine rings is 1. The highest BCUT2D eigenvalue weighted by Crippen LogP contribution is 2.67. The van der Waals surface area contributed by atoms with Gasteiger partial charge in [-0.15, -0.1) is 0 Å². The molecule has 1 spiro atoms. The Morgan fingerprint density at radius 3 is 2.88 bits per heavy atom. The lowest BCUT2D eigenvalue weighted by molar-refractivity contribution is -0.143. The first-order valence-electron chi connectivity index (χ1n) is 12.2. The van der Waals surface area contributed by atoms with Crippen LogP contribution in [-0.4, -0.2) is 49.3 Å². The molecule has 172 valence electrons. The van der Waals surface area contributed by atoms with Crippen molar-refractivity contribution in [1.29, 1.82) is 0 Å². The molecular formula is C28H31NO4. The number of carbonyl (C=O) groups excluding carboxylic acids is 2. The van der Waals surface area contributed by atoms with Crippen LogP contribution in [0.4, 0.5) is 0 Å². The predicted octanol–water partition coefficient (Wildman–Crippen LogP) is 3.86. The summed E-state index contributed by atoms with van der Waals surface area (Å²) < 4.78 is 12.1. The number of Topliss-reactive ketones (excluding diaryl/α,β-unsaturated/α-hetero) is 2. The third-order valence-electron chi connectivity index (χ3n) is 8.85. The fourth-order valence-corrected chi connectivity index (χ4v) is 7.35. The minimum Gasteiger partial charge on any atom is -0.493 e. The van der Waals surface area contributed by atoms with E-state index in [9.17, 15) is 9.59 Å². The number of carbonyl (C=O) groups is 2. The van der Waals surface area contributed by atoms with E-state index in [-0.39, 0.29) is 28.8 Å². The summed E-state index contributed by atoms with van der Waals surface area (Å²) in [6.45, 7) is 0.949. The quantitative estimate of drug-likeness (QED) is 0.623. The summed E-state index contributed by atoms with van der Waals surface area (Å²) in [4.78, 5) is 29.5. The summed E-state index contributed by atoms with van der Waals surface area (Å²) in [5.41, 5.74) is 1.32. The molecule has 1 saturated carbocycles. The van der Waals surface area contributed by atoms with Crippen LogP contribution in [0.3, 0.4) is 0 Å². The fraction of sp³-hybridized carbons (Fsp3) is 0.500. The van der Waals surface area contributed by atoms with Gasteiger partial charge in [0.15, 0.2) is 17.6 Å². The second kappa shape index (κ2) is 7.69. The number of rotatable bonds is 6. The van der Waals surface area contributed by atoms with Crippen molar-refractivity contribution in [2.75, 3.05) is 20.7 Å². The zero-order valence-corrected chi connectivity index (χ0v) is 19.3. The molecule has 2 saturated heterocycles. The van der Waals surface area contributed by atoms with Gasteiger partial charge in [0.25, 0.3) is 0 Å². The zero-order chi connectivity index (χ0) is 22.7. The molecule has 33 heavy (non-hydrogen) atoms. The van der Waals surface area contributed by atoms with E-state index in [4.69, 9.17) is 9.47 Å². The number of hydrogen-bond donors (Lipinski definition) is 0. The monoisotopic (exact) mass is 445 g/mol.